The van der Waals surface area contributed by atoms with Crippen LogP contribution in [0.3, 0.4) is 0 Å². The molecule has 1 N–H and O–H groups in total. The highest BCUT2D eigenvalue weighted by molar-refractivity contribution is 7.82. The third-order valence-electron chi connectivity index (χ3n) is 6.40. The van der Waals surface area contributed by atoms with Crippen molar-refractivity contribution in [3.63, 3.8) is 0 Å². The molecule has 2 atom stereocenters. The number of nitrogens with one attached hydrogen (secondary N) is 1. The molecule has 1 aliphatic heterocycles. The molecule has 3 aromatic carbocycles. The summed E-state index contributed by atoms with van der Waals surface area (Å²) in [7, 11) is -1.73. The molecule has 0 radical (unpaired) electrons. The zero-order chi connectivity index (χ0) is 27.6. The molecular weight excluding hydrogens is 536 g/mol. The minimum absolute atomic E-state index is 0.0885. The van der Waals surface area contributed by atoms with Gasteiger partial charge in [-0.1, -0.05) is 24.3 Å². The lowest BCUT2D eigenvalue weighted by Gasteiger charge is -2.21. The largest absolute Gasteiger partial charge is 0.489 e. The van der Waals surface area contributed by atoms with Crippen LogP contribution >= 0.6 is 0 Å². The summed E-state index contributed by atoms with van der Waals surface area (Å²) in [5, 5.41) is 3.53. The topological polar surface area (TPSA) is 71.8 Å². The predicted molar refractivity (Wildman–Crippen MR) is 136 cm³/mol. The number of nitrogens with zero attached hydrogens (tertiary/aromatic N) is 1. The predicted octanol–water partition coefficient (Wildman–Crippen LogP) is 5.97. The molecule has 0 bridgehead atoms. The van der Waals surface area contributed by atoms with Gasteiger partial charge >= 0.3 is 6.18 Å². The zero-order valence-corrected chi connectivity index (χ0v) is 21.4. The van der Waals surface area contributed by atoms with Gasteiger partial charge in [0.05, 0.1) is 5.56 Å². The molecule has 1 amide bonds. The van der Waals surface area contributed by atoms with Crippen LogP contribution in [0.25, 0.3) is 11.0 Å². The van der Waals surface area contributed by atoms with Gasteiger partial charge < -0.3 is 14.5 Å². The van der Waals surface area contributed by atoms with Crippen molar-refractivity contribution < 1.29 is 35.7 Å². The Morgan fingerprint density at radius 2 is 1.85 bits per heavy atom. The number of alkyl halides is 3. The van der Waals surface area contributed by atoms with Gasteiger partial charge in [0.25, 0.3) is 0 Å². The van der Waals surface area contributed by atoms with Crippen LogP contribution in [0.5, 0.6) is 5.75 Å². The fraction of sp³-hybridized carbons (Fsp3) is 0.250. The first kappa shape index (κ1) is 26.9. The van der Waals surface area contributed by atoms with Crippen LogP contribution in [0, 0.1) is 5.82 Å². The molecule has 4 aromatic rings. The van der Waals surface area contributed by atoms with Crippen LogP contribution in [0.2, 0.25) is 0 Å². The third kappa shape index (κ3) is 6.31. The summed E-state index contributed by atoms with van der Waals surface area (Å²) >= 11 is 0. The molecule has 0 spiro atoms. The first-order chi connectivity index (χ1) is 18.7. The van der Waals surface area contributed by atoms with E-state index in [2.05, 4.69) is 5.32 Å². The number of furan rings is 1. The van der Waals surface area contributed by atoms with Gasteiger partial charge in [0.15, 0.2) is 11.0 Å². The van der Waals surface area contributed by atoms with E-state index in [1.807, 2.05) is 6.07 Å². The second-order valence-corrected chi connectivity index (χ2v) is 10.5. The Morgan fingerprint density at radius 1 is 1.05 bits per heavy atom. The molecule has 1 aliphatic rings. The minimum atomic E-state index is -4.39. The van der Waals surface area contributed by atoms with Gasteiger partial charge in [0.1, 0.15) is 29.8 Å². The molecular formula is C28H24F4N2O4S. The number of halogens is 4. The molecule has 2 heterocycles. The highest BCUT2D eigenvalue weighted by Crippen LogP contribution is 2.30. The molecule has 1 aromatic heterocycles. The summed E-state index contributed by atoms with van der Waals surface area (Å²) in [5.41, 5.74) is 1.05. The Labute approximate surface area is 224 Å². The number of carbonyl (C=O) groups is 1. The van der Waals surface area contributed by atoms with Crippen LogP contribution in [0.1, 0.15) is 29.5 Å². The lowest BCUT2D eigenvalue weighted by atomic mass is 10.1. The summed E-state index contributed by atoms with van der Waals surface area (Å²) in [6.45, 7) is 0.742. The van der Waals surface area contributed by atoms with Gasteiger partial charge in [-0.05, 0) is 66.4 Å². The second kappa shape index (κ2) is 11.2. The maximum absolute atomic E-state index is 13.5. The van der Waals surface area contributed by atoms with E-state index in [0.717, 1.165) is 17.7 Å². The molecule has 5 rings (SSSR count). The van der Waals surface area contributed by atoms with E-state index in [-0.39, 0.29) is 24.2 Å². The number of hydrogen-bond acceptors (Lipinski definition) is 4. The van der Waals surface area contributed by atoms with Gasteiger partial charge in [0.2, 0.25) is 11.0 Å². The lowest BCUT2D eigenvalue weighted by molar-refractivity contribution is -0.137. The van der Waals surface area contributed by atoms with Crippen molar-refractivity contribution >= 4 is 27.9 Å². The van der Waals surface area contributed by atoms with Crippen molar-refractivity contribution in [2.45, 2.75) is 43.3 Å². The number of hydrogen-bond donors (Lipinski definition) is 1. The number of rotatable bonds is 8. The summed E-state index contributed by atoms with van der Waals surface area (Å²) in [5.74, 6) is -0.196. The van der Waals surface area contributed by atoms with Gasteiger partial charge in [-0.15, -0.1) is 0 Å². The third-order valence-corrected chi connectivity index (χ3v) is 7.81. The fourth-order valence-electron chi connectivity index (χ4n) is 4.40. The quantitative estimate of drug-likeness (QED) is 0.270. The molecule has 204 valence electrons. The van der Waals surface area contributed by atoms with Crippen LogP contribution < -0.4 is 10.1 Å². The molecule has 1 saturated heterocycles. The Morgan fingerprint density at radius 3 is 2.62 bits per heavy atom. The number of amides is 1. The van der Waals surface area contributed by atoms with Crippen molar-refractivity contribution in [3.8, 4) is 5.75 Å². The first-order valence-electron chi connectivity index (χ1n) is 12.2. The van der Waals surface area contributed by atoms with E-state index < -0.39 is 34.6 Å². The van der Waals surface area contributed by atoms with E-state index in [1.165, 1.54) is 36.4 Å². The van der Waals surface area contributed by atoms with Crippen molar-refractivity contribution in [1.82, 2.24) is 9.62 Å². The van der Waals surface area contributed by atoms with Gasteiger partial charge in [-0.2, -0.15) is 13.2 Å². The first-order valence-corrected chi connectivity index (χ1v) is 13.3. The number of carbonyl (C=O) groups excluding carboxylic acids is 1. The SMILES string of the molecule is O=C(NCc1cccc(OCc2ccc(C(F)(F)F)cc2)c1)[C@@H]1CCCN1S(=O)c1cc2cc(F)ccc2o1. The van der Waals surface area contributed by atoms with Crippen molar-refractivity contribution in [3.05, 3.63) is 95.3 Å². The average molecular weight is 561 g/mol. The Kier molecular flexibility index (Phi) is 7.72. The standard InChI is InChI=1S/C28H24F4N2O4S/c29-22-10-11-25-20(14-22)15-26(38-25)39(36)34-12-2-5-24(34)27(35)33-16-19-3-1-4-23(13-19)37-17-18-6-8-21(9-7-18)28(30,31)32/h1,3-4,6-11,13-15,24H,2,5,12,16-17H2,(H,33,35)/t24-,39?/m0/s1. The molecule has 0 aliphatic carbocycles. The number of fused-ring (bicyclic) bond motifs is 1. The summed E-state index contributed by atoms with van der Waals surface area (Å²) < 4.78 is 77.9. The van der Waals surface area contributed by atoms with E-state index in [9.17, 15) is 26.6 Å². The van der Waals surface area contributed by atoms with E-state index in [0.29, 0.717) is 41.7 Å². The lowest BCUT2D eigenvalue weighted by Crippen LogP contribution is -2.43. The van der Waals surface area contributed by atoms with Gasteiger partial charge in [-0.3, -0.25) is 4.79 Å². The van der Waals surface area contributed by atoms with Crippen LogP contribution in [0.4, 0.5) is 17.6 Å². The highest BCUT2D eigenvalue weighted by Gasteiger charge is 2.36. The average Bonchev–Trinajstić information content (AvgIpc) is 3.57. The van der Waals surface area contributed by atoms with Crippen molar-refractivity contribution in [2.24, 2.45) is 0 Å². The van der Waals surface area contributed by atoms with Crippen LogP contribution in [0.15, 0.2) is 82.3 Å². The molecule has 11 heteroatoms. The summed E-state index contributed by atoms with van der Waals surface area (Å²) in [4.78, 5) is 13.0. The Hall–Kier alpha value is -3.70. The molecule has 1 fully saturated rings. The Balaban J connectivity index is 1.17. The molecule has 6 nitrogen and oxygen atoms in total. The monoisotopic (exact) mass is 560 g/mol. The van der Waals surface area contributed by atoms with Crippen molar-refractivity contribution in [1.29, 1.82) is 0 Å². The highest BCUT2D eigenvalue weighted by atomic mass is 32.2. The van der Waals surface area contributed by atoms with Crippen LogP contribution in [-0.4, -0.2) is 27.0 Å². The zero-order valence-electron chi connectivity index (χ0n) is 20.5. The summed E-state index contributed by atoms with van der Waals surface area (Å²) in [6, 6.07) is 16.7. The normalized spacial score (nSPS) is 16.9. The second-order valence-electron chi connectivity index (χ2n) is 9.14. The minimum Gasteiger partial charge on any atom is -0.489 e. The fourth-order valence-corrected chi connectivity index (χ4v) is 5.75. The van der Waals surface area contributed by atoms with E-state index in [4.69, 9.17) is 9.15 Å². The van der Waals surface area contributed by atoms with Gasteiger partial charge in [0, 0.05) is 24.5 Å². The summed E-state index contributed by atoms with van der Waals surface area (Å²) in [6.07, 6.45) is -3.18. The smallest absolute Gasteiger partial charge is 0.416 e. The maximum Gasteiger partial charge on any atom is 0.416 e. The van der Waals surface area contributed by atoms with Gasteiger partial charge in [-0.25, -0.2) is 12.9 Å². The Bertz CT molecular complexity index is 1500. The molecule has 1 unspecified atom stereocenters. The van der Waals surface area contributed by atoms with E-state index >= 15 is 0 Å². The number of ether oxygens (including phenoxy) is 1. The molecule has 0 saturated carbocycles. The molecule has 39 heavy (non-hydrogen) atoms. The maximum atomic E-state index is 13.5. The number of benzene rings is 3. The van der Waals surface area contributed by atoms with Crippen molar-refractivity contribution in [2.75, 3.05) is 6.54 Å². The van der Waals surface area contributed by atoms with Crippen LogP contribution in [-0.2, 0) is 35.1 Å². The van der Waals surface area contributed by atoms with E-state index in [1.54, 1.807) is 22.5 Å².